The Bertz CT molecular complexity index is 461. The van der Waals surface area contributed by atoms with Crippen LogP contribution in [0.5, 0.6) is 0 Å². The maximum Gasteiger partial charge on any atom is 0.330 e. The second kappa shape index (κ2) is 5.09. The monoisotopic (exact) mass is 228 g/mol. The number of aryl methyl sites for hydroxylation is 1. The number of aliphatic hydroxyl groups excluding tert-OH is 2. The van der Waals surface area contributed by atoms with Crippen molar-refractivity contribution in [1.29, 1.82) is 0 Å². The third-order valence-corrected chi connectivity index (χ3v) is 2.31. The van der Waals surface area contributed by atoms with Crippen LogP contribution in [0.15, 0.2) is 15.8 Å². The summed E-state index contributed by atoms with van der Waals surface area (Å²) in [6, 6.07) is 0. The highest BCUT2D eigenvalue weighted by Crippen LogP contribution is 2.09. The fourth-order valence-corrected chi connectivity index (χ4v) is 1.34. The van der Waals surface area contributed by atoms with Crippen molar-refractivity contribution >= 4 is 0 Å². The predicted molar refractivity (Wildman–Crippen MR) is 58.2 cm³/mol. The summed E-state index contributed by atoms with van der Waals surface area (Å²) < 4.78 is 1.05. The molecule has 1 aromatic rings. The van der Waals surface area contributed by atoms with Crippen molar-refractivity contribution in [2.24, 2.45) is 0 Å². The van der Waals surface area contributed by atoms with E-state index >= 15 is 0 Å². The van der Waals surface area contributed by atoms with Crippen molar-refractivity contribution in [3.8, 4) is 0 Å². The first-order chi connectivity index (χ1) is 7.41. The van der Waals surface area contributed by atoms with Crippen molar-refractivity contribution in [3.05, 3.63) is 32.6 Å². The Morgan fingerprint density at radius 2 is 2.00 bits per heavy atom. The number of hydrogen-bond donors (Lipinski definition) is 3. The van der Waals surface area contributed by atoms with Crippen LogP contribution in [0.2, 0.25) is 0 Å². The Morgan fingerprint density at radius 1 is 1.38 bits per heavy atom. The summed E-state index contributed by atoms with van der Waals surface area (Å²) in [7, 11) is 0. The molecule has 1 heterocycles. The molecule has 6 nitrogen and oxygen atoms in total. The van der Waals surface area contributed by atoms with Crippen LogP contribution in [-0.4, -0.2) is 25.9 Å². The molecule has 90 valence electrons. The minimum Gasteiger partial charge on any atom is -0.393 e. The van der Waals surface area contributed by atoms with Crippen LogP contribution in [0.25, 0.3) is 0 Å². The molecule has 0 saturated heterocycles. The molecule has 6 heteroatoms. The molecular weight excluding hydrogens is 212 g/mol. The molecule has 0 spiro atoms. The molecule has 0 bridgehead atoms. The zero-order valence-corrected chi connectivity index (χ0v) is 9.30. The number of aromatic nitrogens is 2. The average molecular weight is 228 g/mol. The zero-order chi connectivity index (χ0) is 12.3. The van der Waals surface area contributed by atoms with Gasteiger partial charge in [0.1, 0.15) is 6.23 Å². The smallest absolute Gasteiger partial charge is 0.330 e. The Hall–Kier alpha value is -1.40. The van der Waals surface area contributed by atoms with E-state index in [2.05, 4.69) is 4.98 Å². The Balaban J connectivity index is 2.91. The molecule has 1 rings (SSSR count). The number of rotatable bonds is 4. The van der Waals surface area contributed by atoms with Crippen LogP contribution >= 0.6 is 0 Å². The van der Waals surface area contributed by atoms with Crippen LogP contribution in [0.1, 0.15) is 31.6 Å². The summed E-state index contributed by atoms with van der Waals surface area (Å²) in [5.41, 5.74) is -0.742. The molecule has 0 aliphatic rings. The summed E-state index contributed by atoms with van der Waals surface area (Å²) in [6.45, 7) is 3.16. The van der Waals surface area contributed by atoms with E-state index in [9.17, 15) is 14.7 Å². The highest BCUT2D eigenvalue weighted by molar-refractivity contribution is 5.01. The second-order valence-corrected chi connectivity index (χ2v) is 3.89. The second-order valence-electron chi connectivity index (χ2n) is 3.89. The van der Waals surface area contributed by atoms with Crippen molar-refractivity contribution in [2.75, 3.05) is 0 Å². The van der Waals surface area contributed by atoms with Crippen molar-refractivity contribution in [3.63, 3.8) is 0 Å². The summed E-state index contributed by atoms with van der Waals surface area (Å²) in [5, 5.41) is 18.8. The van der Waals surface area contributed by atoms with Gasteiger partial charge in [-0.15, -0.1) is 0 Å². The average Bonchev–Trinajstić information content (AvgIpc) is 2.20. The van der Waals surface area contributed by atoms with E-state index in [1.54, 1.807) is 13.8 Å². The summed E-state index contributed by atoms with van der Waals surface area (Å²) in [4.78, 5) is 24.6. The van der Waals surface area contributed by atoms with Crippen molar-refractivity contribution < 1.29 is 10.2 Å². The zero-order valence-electron chi connectivity index (χ0n) is 9.30. The van der Waals surface area contributed by atoms with Crippen molar-refractivity contribution in [1.82, 2.24) is 9.55 Å². The van der Waals surface area contributed by atoms with Gasteiger partial charge in [-0.2, -0.15) is 0 Å². The molecular formula is C10H16N2O4. The first kappa shape index (κ1) is 12.7. The van der Waals surface area contributed by atoms with Gasteiger partial charge in [-0.25, -0.2) is 4.79 Å². The van der Waals surface area contributed by atoms with Gasteiger partial charge in [-0.3, -0.25) is 14.3 Å². The van der Waals surface area contributed by atoms with Crippen LogP contribution in [0.4, 0.5) is 0 Å². The van der Waals surface area contributed by atoms with Gasteiger partial charge < -0.3 is 10.2 Å². The molecule has 16 heavy (non-hydrogen) atoms. The van der Waals surface area contributed by atoms with Gasteiger partial charge in [0, 0.05) is 11.8 Å². The Morgan fingerprint density at radius 3 is 2.56 bits per heavy atom. The van der Waals surface area contributed by atoms with Crippen LogP contribution in [0.3, 0.4) is 0 Å². The van der Waals surface area contributed by atoms with E-state index in [0.29, 0.717) is 12.0 Å². The van der Waals surface area contributed by atoms with E-state index in [0.717, 1.165) is 4.57 Å². The van der Waals surface area contributed by atoms with E-state index in [1.165, 1.54) is 6.20 Å². The van der Waals surface area contributed by atoms with E-state index in [1.807, 2.05) is 0 Å². The Kier molecular flexibility index (Phi) is 4.03. The van der Waals surface area contributed by atoms with Gasteiger partial charge in [0.2, 0.25) is 0 Å². The normalized spacial score (nSPS) is 14.8. The lowest BCUT2D eigenvalue weighted by molar-refractivity contribution is 0.0677. The first-order valence-corrected chi connectivity index (χ1v) is 5.10. The lowest BCUT2D eigenvalue weighted by Crippen LogP contribution is -2.33. The summed E-state index contributed by atoms with van der Waals surface area (Å²) >= 11 is 0. The highest BCUT2D eigenvalue weighted by Gasteiger charge is 2.11. The third kappa shape index (κ3) is 3.04. The summed E-state index contributed by atoms with van der Waals surface area (Å²) in [5.74, 6) is 0. The van der Waals surface area contributed by atoms with Gasteiger partial charge in [-0.05, 0) is 26.7 Å². The predicted octanol–water partition coefficient (Wildman–Crippen LogP) is -0.503. The minimum atomic E-state index is -1.03. The van der Waals surface area contributed by atoms with Gasteiger partial charge in [0.25, 0.3) is 5.56 Å². The highest BCUT2D eigenvalue weighted by atomic mass is 16.3. The molecule has 2 atom stereocenters. The number of nitrogens with one attached hydrogen (secondary N) is 1. The number of nitrogens with zero attached hydrogens (tertiary/aromatic N) is 1. The largest absolute Gasteiger partial charge is 0.393 e. The standard InChI is InChI=1S/C10H16N2O4/c1-6-5-12(10(16)11-9(6)15)8(14)4-3-7(2)13/h5,7-8,13-14H,3-4H2,1-2H3,(H,11,15,16). The van der Waals surface area contributed by atoms with E-state index < -0.39 is 23.6 Å². The van der Waals surface area contributed by atoms with Crippen LogP contribution < -0.4 is 11.2 Å². The molecule has 1 aromatic heterocycles. The van der Waals surface area contributed by atoms with Gasteiger partial charge >= 0.3 is 5.69 Å². The fraction of sp³-hybridized carbons (Fsp3) is 0.600. The Labute approximate surface area is 92.2 Å². The summed E-state index contributed by atoms with van der Waals surface area (Å²) in [6.07, 6.45) is 0.384. The molecule has 3 N–H and O–H groups in total. The van der Waals surface area contributed by atoms with Gasteiger partial charge in [0.05, 0.1) is 6.10 Å². The molecule has 0 saturated carbocycles. The molecule has 0 aliphatic heterocycles. The topological polar surface area (TPSA) is 95.3 Å². The van der Waals surface area contributed by atoms with Crippen molar-refractivity contribution in [2.45, 2.75) is 39.0 Å². The quantitative estimate of drug-likeness (QED) is 0.647. The number of aromatic amines is 1. The maximum absolute atomic E-state index is 11.4. The molecule has 0 amide bonds. The third-order valence-electron chi connectivity index (χ3n) is 2.31. The lowest BCUT2D eigenvalue weighted by atomic mass is 10.2. The molecule has 0 aromatic carbocycles. The molecule has 0 fully saturated rings. The number of aliphatic hydroxyl groups is 2. The fourth-order valence-electron chi connectivity index (χ4n) is 1.34. The number of H-pyrrole nitrogens is 1. The number of hydrogen-bond acceptors (Lipinski definition) is 4. The maximum atomic E-state index is 11.4. The first-order valence-electron chi connectivity index (χ1n) is 5.10. The van der Waals surface area contributed by atoms with Crippen LogP contribution in [0, 0.1) is 6.92 Å². The lowest BCUT2D eigenvalue weighted by Gasteiger charge is -2.14. The van der Waals surface area contributed by atoms with Gasteiger partial charge in [0.15, 0.2) is 0 Å². The molecule has 0 aliphatic carbocycles. The molecule has 2 unspecified atom stereocenters. The van der Waals surface area contributed by atoms with Crippen LogP contribution in [-0.2, 0) is 0 Å². The van der Waals surface area contributed by atoms with Gasteiger partial charge in [-0.1, -0.05) is 0 Å². The van der Waals surface area contributed by atoms with E-state index in [4.69, 9.17) is 5.11 Å². The molecule has 0 radical (unpaired) electrons. The SMILES string of the molecule is Cc1cn(C(O)CCC(C)O)c(=O)[nH]c1=O. The minimum absolute atomic E-state index is 0.253. The van der Waals surface area contributed by atoms with E-state index in [-0.39, 0.29) is 6.42 Å².